The highest BCUT2D eigenvalue weighted by Gasteiger charge is 2.11. The van der Waals surface area contributed by atoms with Crippen LogP contribution < -0.4 is 5.56 Å². The molecule has 1 amide bonds. The number of H-pyrrole nitrogens is 1. The standard InChI is InChI=1S/C12H19N3O2/c1-14(2)8-5-9-15(3)12(17)10-6-4-7-11(16)13-10/h4,6-7H,5,8-9H2,1-3H3,(H,13,16). The number of carbonyl (C=O) groups excluding carboxylic acids is 1. The Hall–Kier alpha value is -1.62. The molecule has 0 spiro atoms. The van der Waals surface area contributed by atoms with Gasteiger partial charge in [0.25, 0.3) is 5.91 Å². The van der Waals surface area contributed by atoms with Crippen molar-refractivity contribution in [2.45, 2.75) is 6.42 Å². The Morgan fingerprint density at radius 2 is 1.94 bits per heavy atom. The maximum Gasteiger partial charge on any atom is 0.270 e. The number of pyridine rings is 1. The lowest BCUT2D eigenvalue weighted by atomic mass is 10.3. The van der Waals surface area contributed by atoms with Crippen LogP contribution in [0.25, 0.3) is 0 Å². The topological polar surface area (TPSA) is 56.4 Å². The molecule has 0 aliphatic rings. The van der Waals surface area contributed by atoms with Crippen LogP contribution in [0.2, 0.25) is 0 Å². The van der Waals surface area contributed by atoms with Gasteiger partial charge in [-0.1, -0.05) is 6.07 Å². The number of hydrogen-bond donors (Lipinski definition) is 1. The number of carbonyl (C=O) groups is 1. The molecule has 0 saturated heterocycles. The molecule has 1 N–H and O–H groups in total. The van der Waals surface area contributed by atoms with Crippen LogP contribution in [0.1, 0.15) is 16.9 Å². The third kappa shape index (κ3) is 4.40. The fraction of sp³-hybridized carbons (Fsp3) is 0.500. The summed E-state index contributed by atoms with van der Waals surface area (Å²) in [6.45, 7) is 1.61. The second-order valence-electron chi connectivity index (χ2n) is 4.31. The van der Waals surface area contributed by atoms with Crippen molar-refractivity contribution in [3.63, 3.8) is 0 Å². The summed E-state index contributed by atoms with van der Waals surface area (Å²) in [6.07, 6.45) is 0.909. The van der Waals surface area contributed by atoms with Crippen LogP contribution in [0.4, 0.5) is 0 Å². The molecule has 1 aromatic rings. The third-order valence-corrected chi connectivity index (χ3v) is 2.44. The van der Waals surface area contributed by atoms with Crippen LogP contribution in [0.15, 0.2) is 23.0 Å². The summed E-state index contributed by atoms with van der Waals surface area (Å²) in [5.74, 6) is -0.151. The molecule has 0 aliphatic carbocycles. The van der Waals surface area contributed by atoms with Crippen LogP contribution in [0.5, 0.6) is 0 Å². The summed E-state index contributed by atoms with van der Waals surface area (Å²) in [6, 6.07) is 4.59. The largest absolute Gasteiger partial charge is 0.340 e. The zero-order chi connectivity index (χ0) is 12.8. The SMILES string of the molecule is CN(C)CCCN(C)C(=O)c1cccc(=O)[nH]1. The smallest absolute Gasteiger partial charge is 0.270 e. The summed E-state index contributed by atoms with van der Waals surface area (Å²) in [4.78, 5) is 29.2. The van der Waals surface area contributed by atoms with E-state index in [9.17, 15) is 9.59 Å². The maximum atomic E-state index is 11.9. The van der Waals surface area contributed by atoms with Gasteiger partial charge in [-0.15, -0.1) is 0 Å². The van der Waals surface area contributed by atoms with Crippen LogP contribution >= 0.6 is 0 Å². The van der Waals surface area contributed by atoms with Crippen molar-refractivity contribution in [1.29, 1.82) is 0 Å². The van der Waals surface area contributed by atoms with Gasteiger partial charge in [0.15, 0.2) is 0 Å². The monoisotopic (exact) mass is 237 g/mol. The minimum Gasteiger partial charge on any atom is -0.340 e. The quantitative estimate of drug-likeness (QED) is 0.806. The molecule has 1 heterocycles. The summed E-state index contributed by atoms with van der Waals surface area (Å²) in [5, 5.41) is 0. The summed E-state index contributed by atoms with van der Waals surface area (Å²) in [7, 11) is 5.73. The predicted octanol–water partition coefficient (Wildman–Crippen LogP) is 0.399. The Morgan fingerprint density at radius 3 is 2.53 bits per heavy atom. The van der Waals surface area contributed by atoms with E-state index in [0.717, 1.165) is 13.0 Å². The van der Waals surface area contributed by atoms with Crippen LogP contribution in [0.3, 0.4) is 0 Å². The molecule has 1 rings (SSSR count). The van der Waals surface area contributed by atoms with E-state index in [1.165, 1.54) is 6.07 Å². The minimum atomic E-state index is -0.252. The number of nitrogens with one attached hydrogen (secondary N) is 1. The molecule has 0 bridgehead atoms. The van der Waals surface area contributed by atoms with E-state index in [2.05, 4.69) is 9.88 Å². The molecular weight excluding hydrogens is 218 g/mol. The van der Waals surface area contributed by atoms with Gasteiger partial charge in [0.05, 0.1) is 0 Å². The Bertz CT molecular complexity index is 426. The van der Waals surface area contributed by atoms with Gasteiger partial charge in [0.1, 0.15) is 5.69 Å². The van der Waals surface area contributed by atoms with Gasteiger partial charge in [0.2, 0.25) is 5.56 Å². The Balaban J connectivity index is 2.55. The highest BCUT2D eigenvalue weighted by atomic mass is 16.2. The van der Waals surface area contributed by atoms with E-state index < -0.39 is 0 Å². The maximum absolute atomic E-state index is 11.9. The van der Waals surface area contributed by atoms with Gasteiger partial charge in [-0.25, -0.2) is 0 Å². The van der Waals surface area contributed by atoms with E-state index in [1.54, 1.807) is 24.1 Å². The molecule has 0 fully saturated rings. The van der Waals surface area contributed by atoms with Crippen molar-refractivity contribution in [3.8, 4) is 0 Å². The number of aromatic amines is 1. The average Bonchev–Trinajstić information content (AvgIpc) is 2.27. The van der Waals surface area contributed by atoms with Crippen molar-refractivity contribution in [2.75, 3.05) is 34.2 Å². The minimum absolute atomic E-state index is 0.151. The van der Waals surface area contributed by atoms with Crippen molar-refractivity contribution in [1.82, 2.24) is 14.8 Å². The fourth-order valence-electron chi connectivity index (χ4n) is 1.50. The number of amides is 1. The van der Waals surface area contributed by atoms with Crippen molar-refractivity contribution < 1.29 is 4.79 Å². The van der Waals surface area contributed by atoms with Gasteiger partial charge in [-0.3, -0.25) is 9.59 Å². The fourth-order valence-corrected chi connectivity index (χ4v) is 1.50. The van der Waals surface area contributed by atoms with E-state index in [-0.39, 0.29) is 11.5 Å². The lowest BCUT2D eigenvalue weighted by Crippen LogP contribution is -2.31. The highest BCUT2D eigenvalue weighted by molar-refractivity contribution is 5.91. The van der Waals surface area contributed by atoms with Gasteiger partial charge < -0.3 is 14.8 Å². The lowest BCUT2D eigenvalue weighted by Gasteiger charge is -2.18. The number of nitrogens with zero attached hydrogens (tertiary/aromatic N) is 2. The van der Waals surface area contributed by atoms with Crippen molar-refractivity contribution in [3.05, 3.63) is 34.2 Å². The predicted molar refractivity (Wildman–Crippen MR) is 67.2 cm³/mol. The van der Waals surface area contributed by atoms with E-state index >= 15 is 0 Å². The van der Waals surface area contributed by atoms with Gasteiger partial charge >= 0.3 is 0 Å². The molecule has 0 atom stereocenters. The summed E-state index contributed by atoms with van der Waals surface area (Å²) < 4.78 is 0. The second-order valence-corrected chi connectivity index (χ2v) is 4.31. The van der Waals surface area contributed by atoms with Gasteiger partial charge in [-0.05, 0) is 33.1 Å². The molecular formula is C12H19N3O2. The molecule has 1 aromatic heterocycles. The number of hydrogen-bond acceptors (Lipinski definition) is 3. The first kappa shape index (κ1) is 13.4. The molecule has 17 heavy (non-hydrogen) atoms. The Labute approximate surface area is 101 Å². The first-order chi connectivity index (χ1) is 8.00. The lowest BCUT2D eigenvalue weighted by molar-refractivity contribution is 0.0784. The normalized spacial score (nSPS) is 10.6. The number of rotatable bonds is 5. The molecule has 94 valence electrons. The third-order valence-electron chi connectivity index (χ3n) is 2.44. The average molecular weight is 237 g/mol. The zero-order valence-electron chi connectivity index (χ0n) is 10.6. The molecule has 0 unspecified atom stereocenters. The Kier molecular flexibility index (Phi) is 4.90. The molecule has 0 saturated carbocycles. The van der Waals surface area contributed by atoms with Gasteiger partial charge in [0, 0.05) is 19.7 Å². The zero-order valence-corrected chi connectivity index (χ0v) is 10.6. The first-order valence-electron chi connectivity index (χ1n) is 5.60. The summed E-state index contributed by atoms with van der Waals surface area (Å²) >= 11 is 0. The second kappa shape index (κ2) is 6.20. The van der Waals surface area contributed by atoms with Crippen molar-refractivity contribution in [2.24, 2.45) is 0 Å². The van der Waals surface area contributed by atoms with Gasteiger partial charge in [-0.2, -0.15) is 0 Å². The van der Waals surface area contributed by atoms with Crippen molar-refractivity contribution >= 4 is 5.91 Å². The molecule has 0 aliphatic heterocycles. The molecule has 0 aromatic carbocycles. The highest BCUT2D eigenvalue weighted by Crippen LogP contribution is 1.98. The molecule has 5 nitrogen and oxygen atoms in total. The van der Waals surface area contributed by atoms with E-state index in [1.807, 2.05) is 14.1 Å². The van der Waals surface area contributed by atoms with Crippen LogP contribution in [-0.4, -0.2) is 54.9 Å². The number of aromatic nitrogens is 1. The Morgan fingerprint density at radius 1 is 1.24 bits per heavy atom. The molecule has 5 heteroatoms. The summed E-state index contributed by atoms with van der Waals surface area (Å²) in [5.41, 5.74) is 0.0856. The van der Waals surface area contributed by atoms with Crippen LogP contribution in [0, 0.1) is 0 Å². The van der Waals surface area contributed by atoms with E-state index in [4.69, 9.17) is 0 Å². The van der Waals surface area contributed by atoms with E-state index in [0.29, 0.717) is 12.2 Å². The molecule has 0 radical (unpaired) electrons. The first-order valence-corrected chi connectivity index (χ1v) is 5.60. The van der Waals surface area contributed by atoms with Crippen LogP contribution in [-0.2, 0) is 0 Å².